The second-order valence-corrected chi connectivity index (χ2v) is 40.0. The van der Waals surface area contributed by atoms with Crippen LogP contribution in [0.2, 0.25) is 0 Å². The molecule has 0 saturated heterocycles. The molecule has 0 bridgehead atoms. The maximum Gasteiger partial charge on any atom is 0.238 e. The molecule has 662 valence electrons. The van der Waals surface area contributed by atoms with Crippen molar-refractivity contribution in [2.24, 2.45) is 0 Å². The molecule has 13 nitrogen and oxygen atoms in total. The number of fused-ring (bicyclic) bond motifs is 9. The maximum absolute atomic E-state index is 6.74. The summed E-state index contributed by atoms with van der Waals surface area (Å²) in [5.74, 6) is 5.69. The summed E-state index contributed by atoms with van der Waals surface area (Å²) in [5.41, 5.74) is 19.2. The second kappa shape index (κ2) is 29.3. The molecule has 15 heteroatoms. The second-order valence-electron chi connectivity index (χ2n) is 37.9. The standard InChI is InChI=1S/C43H22N4O.C43H22N4S.C43H24N4S/c2*1-3-10-23(11-4-1)41-44-42(24-12-5-2-6-13-24)46-43(45-41)47-30-19-9-18-29-28-17-8-16-27-26-15-7-14-25-22-33-39(40(34(25)26)35(27)28)38-32(48-33)21-20-31(47)37(38)36(29)30;1-3-12-25(13-4-1)41-44-42(26-14-5-2-6-15-26)46-43(45-41)47-33-21-11-20-31-29-18-9-10-19-30(29)32-24-27-16-7-8-17-28(27)40-37(32)39-35(48-40)23-22-34(47)38(39)36(31)33/h2*1-22H;1-24H. The summed E-state index contributed by atoms with van der Waals surface area (Å²) in [4.78, 5) is 46.1. The zero-order chi connectivity index (χ0) is 93.5. The van der Waals surface area contributed by atoms with E-state index in [-0.39, 0.29) is 0 Å². The Balaban J connectivity index is 0.0000000949. The molecule has 9 heterocycles. The van der Waals surface area contributed by atoms with Crippen LogP contribution in [0.3, 0.4) is 0 Å². The molecule has 35 rings (SSSR count). The molecule has 0 amide bonds. The van der Waals surface area contributed by atoms with Gasteiger partial charge in [0, 0.05) is 128 Å². The number of hydrogen-bond acceptors (Lipinski definition) is 12. The van der Waals surface area contributed by atoms with Crippen LogP contribution in [0.5, 0.6) is 0 Å². The molecule has 33 aromatic rings. The molecule has 0 fully saturated rings. The van der Waals surface area contributed by atoms with Crippen LogP contribution in [0.15, 0.2) is 417 Å². The molecule has 0 saturated carbocycles. The smallest absolute Gasteiger partial charge is 0.238 e. The van der Waals surface area contributed by atoms with Gasteiger partial charge in [0.15, 0.2) is 34.9 Å². The summed E-state index contributed by atoms with van der Waals surface area (Å²) in [6.07, 6.45) is 0. The quantitative estimate of drug-likeness (QED) is 0.137. The zero-order valence-corrected chi connectivity index (χ0v) is 78.0. The lowest BCUT2D eigenvalue weighted by molar-refractivity contribution is 0.670. The zero-order valence-electron chi connectivity index (χ0n) is 76.4. The Kier molecular flexibility index (Phi) is 15.9. The summed E-state index contributed by atoms with van der Waals surface area (Å²) >= 11 is 3.80. The normalized spacial score (nSPS) is 12.4. The predicted molar refractivity (Wildman–Crippen MR) is 597 cm³/mol. The summed E-state index contributed by atoms with van der Waals surface area (Å²) in [5, 5.41) is 38.0. The number of aromatic nitrogens is 12. The van der Waals surface area contributed by atoms with Crippen molar-refractivity contribution in [3.63, 3.8) is 0 Å². The summed E-state index contributed by atoms with van der Waals surface area (Å²) in [6.45, 7) is 0. The highest BCUT2D eigenvalue weighted by atomic mass is 32.1. The van der Waals surface area contributed by atoms with Crippen LogP contribution in [0, 0.1) is 0 Å². The molecule has 2 aliphatic rings. The summed E-state index contributed by atoms with van der Waals surface area (Å²) in [7, 11) is 0. The van der Waals surface area contributed by atoms with Crippen LogP contribution in [0.25, 0.3) is 333 Å². The topological polar surface area (TPSA) is 144 Å². The Morgan fingerprint density at radius 2 is 0.472 bits per heavy atom. The fourth-order valence-corrected chi connectivity index (χ4v) is 27.0. The highest BCUT2D eigenvalue weighted by molar-refractivity contribution is 7.27. The van der Waals surface area contributed by atoms with Crippen LogP contribution in [-0.4, -0.2) is 58.6 Å². The molecule has 24 aromatic carbocycles. The van der Waals surface area contributed by atoms with Crippen molar-refractivity contribution in [1.29, 1.82) is 0 Å². The minimum absolute atomic E-state index is 0.584. The van der Waals surface area contributed by atoms with E-state index < -0.39 is 0 Å². The molecule has 0 N–H and O–H groups in total. The van der Waals surface area contributed by atoms with Crippen molar-refractivity contribution in [3.05, 3.63) is 413 Å². The van der Waals surface area contributed by atoms with E-state index in [0.717, 1.165) is 88.4 Å². The first-order valence-corrected chi connectivity index (χ1v) is 50.2. The molecule has 144 heavy (non-hydrogen) atoms. The van der Waals surface area contributed by atoms with Gasteiger partial charge >= 0.3 is 0 Å². The lowest BCUT2D eigenvalue weighted by Gasteiger charge is -2.11. The van der Waals surface area contributed by atoms with E-state index in [0.29, 0.717) is 52.8 Å². The number of nitrogens with zero attached hydrogens (tertiary/aromatic N) is 12. The van der Waals surface area contributed by atoms with Gasteiger partial charge in [-0.2, -0.15) is 29.9 Å². The Morgan fingerprint density at radius 3 is 0.917 bits per heavy atom. The molecule has 0 atom stereocenters. The van der Waals surface area contributed by atoms with Crippen molar-refractivity contribution in [2.45, 2.75) is 0 Å². The number of hydrogen-bond donors (Lipinski definition) is 0. The Morgan fingerprint density at radius 1 is 0.167 bits per heavy atom. The monoisotopic (exact) mass is 1860 g/mol. The Bertz CT molecular complexity index is 10600. The van der Waals surface area contributed by atoms with Gasteiger partial charge < -0.3 is 4.42 Å². The largest absolute Gasteiger partial charge is 0.456 e. The van der Waals surface area contributed by atoms with Crippen LogP contribution in [0.1, 0.15) is 0 Å². The van der Waals surface area contributed by atoms with E-state index in [4.69, 9.17) is 49.3 Å². The van der Waals surface area contributed by atoms with E-state index in [1.807, 2.05) is 132 Å². The fraction of sp³-hybridized carbons (Fsp3) is 0. The van der Waals surface area contributed by atoms with Crippen molar-refractivity contribution in [1.82, 2.24) is 58.6 Å². The third-order valence-electron chi connectivity index (χ3n) is 30.4. The van der Waals surface area contributed by atoms with Crippen molar-refractivity contribution in [3.8, 4) is 108 Å². The maximum atomic E-state index is 6.74. The highest BCUT2D eigenvalue weighted by Gasteiger charge is 2.34. The van der Waals surface area contributed by atoms with E-state index in [1.54, 1.807) is 0 Å². The van der Waals surface area contributed by atoms with Crippen molar-refractivity contribution >= 4 is 247 Å². The number of furan rings is 1. The average Bonchev–Trinajstić information content (AvgIpc) is 1.51. The molecular weight excluding hydrogens is 1800 g/mol. The number of rotatable bonds is 9. The third kappa shape index (κ3) is 10.8. The minimum Gasteiger partial charge on any atom is -0.456 e. The summed E-state index contributed by atoms with van der Waals surface area (Å²) < 4.78 is 18.7. The molecule has 9 aromatic heterocycles. The molecule has 0 spiro atoms. The Hall–Kier alpha value is -18.9. The first kappa shape index (κ1) is 78.0. The van der Waals surface area contributed by atoms with Gasteiger partial charge in [0.05, 0.1) is 33.1 Å². The van der Waals surface area contributed by atoms with E-state index in [1.165, 1.54) is 192 Å². The first-order valence-electron chi connectivity index (χ1n) is 48.6. The van der Waals surface area contributed by atoms with Crippen LogP contribution < -0.4 is 0 Å². The highest BCUT2D eigenvalue weighted by Crippen LogP contribution is 2.59. The molecule has 0 aliphatic heterocycles. The first-order chi connectivity index (χ1) is 71.4. The SMILES string of the molecule is c1ccc(-c2nc(-c3ccccc3)nc(-n3c4cccc5c6cccc7c6c6c8c-7cccc8cc7oc8ccc3c(c8c76)c54)n2)cc1.c1ccc(-c2nc(-c3ccccc3)nc(-n3c4cccc5c6cccc7c6c6c8c-7cccc8cc7sc8ccc3c(c8c76)c54)n2)cc1.c1ccc(-c2nc(-c3ccccc3)nc(-n3c4cccc5c6ccccc6c6cc7ccccc7c7sc8ccc3c(c8c67)c54)n2)cc1. The predicted octanol–water partition coefficient (Wildman–Crippen LogP) is 34.2. The van der Waals surface area contributed by atoms with Crippen LogP contribution >= 0.6 is 22.7 Å². The lowest BCUT2D eigenvalue weighted by Crippen LogP contribution is -2.06. The van der Waals surface area contributed by atoms with E-state index in [2.05, 4.69) is 317 Å². The van der Waals surface area contributed by atoms with Gasteiger partial charge in [-0.15, -0.1) is 22.7 Å². The van der Waals surface area contributed by atoms with Gasteiger partial charge in [0.1, 0.15) is 11.2 Å². The molecule has 2 aliphatic carbocycles. The molecular formula is C129H68N12OS2. The van der Waals surface area contributed by atoms with Gasteiger partial charge in [0.25, 0.3) is 0 Å². The number of benzene rings is 21. The van der Waals surface area contributed by atoms with Crippen molar-refractivity contribution < 1.29 is 4.42 Å². The average molecular weight is 1870 g/mol. The van der Waals surface area contributed by atoms with Gasteiger partial charge in [-0.05, 0) is 181 Å². The van der Waals surface area contributed by atoms with E-state index in [9.17, 15) is 0 Å². The van der Waals surface area contributed by atoms with Crippen LogP contribution in [-0.2, 0) is 0 Å². The molecule has 0 unspecified atom stereocenters. The summed E-state index contributed by atoms with van der Waals surface area (Å²) in [6, 6.07) is 146. The fourth-order valence-electron chi connectivity index (χ4n) is 24.6. The minimum atomic E-state index is 0.584. The van der Waals surface area contributed by atoms with Gasteiger partial charge in [-0.3, -0.25) is 13.7 Å². The Labute approximate surface area is 825 Å². The van der Waals surface area contributed by atoms with Crippen LogP contribution in [0.4, 0.5) is 0 Å². The van der Waals surface area contributed by atoms with Crippen molar-refractivity contribution in [2.75, 3.05) is 0 Å². The third-order valence-corrected chi connectivity index (χ3v) is 32.7. The van der Waals surface area contributed by atoms with E-state index >= 15 is 0 Å². The van der Waals surface area contributed by atoms with Gasteiger partial charge in [-0.25, -0.2) is 15.0 Å². The van der Waals surface area contributed by atoms with Gasteiger partial charge in [0.2, 0.25) is 17.8 Å². The molecule has 0 radical (unpaired) electrons. The number of thiophene rings is 2. The lowest BCUT2D eigenvalue weighted by atomic mass is 9.93. The van der Waals surface area contributed by atoms with Gasteiger partial charge in [-0.1, -0.05) is 340 Å².